The predicted molar refractivity (Wildman–Crippen MR) is 156 cm³/mol. The summed E-state index contributed by atoms with van der Waals surface area (Å²) in [6.45, 7) is 6.40. The average molecular weight is 546 g/mol. The number of nitrogens with one attached hydrogen (secondary N) is 1. The Kier molecular flexibility index (Phi) is 6.90. The van der Waals surface area contributed by atoms with Crippen molar-refractivity contribution < 1.29 is 13.2 Å². The summed E-state index contributed by atoms with van der Waals surface area (Å²) in [6.07, 6.45) is 0. The maximum Gasteiger partial charge on any atom is 0.264 e. The van der Waals surface area contributed by atoms with Crippen molar-refractivity contribution in [2.75, 3.05) is 16.2 Å². The van der Waals surface area contributed by atoms with Gasteiger partial charge in [-0.05, 0) is 92.6 Å². The van der Waals surface area contributed by atoms with E-state index < -0.39 is 15.9 Å². The Labute approximate surface area is 227 Å². The fraction of sp³-hybridized carbons (Fsp3) is 0.167. The number of anilines is 2. The number of aryl methyl sites for hydroxylation is 3. The van der Waals surface area contributed by atoms with Gasteiger partial charge in [0.25, 0.3) is 10.0 Å². The number of hydrogen-bond donors (Lipinski definition) is 1. The molecule has 4 aromatic carbocycles. The fourth-order valence-corrected chi connectivity index (χ4v) is 6.27. The maximum atomic E-state index is 13.7. The number of aromatic nitrogens is 1. The van der Waals surface area contributed by atoms with Crippen LogP contribution in [-0.4, -0.2) is 25.4 Å². The van der Waals surface area contributed by atoms with Crippen molar-refractivity contribution in [2.45, 2.75) is 32.2 Å². The summed E-state index contributed by atoms with van der Waals surface area (Å²) in [5.41, 5.74) is 5.18. The van der Waals surface area contributed by atoms with Gasteiger partial charge in [0.05, 0.1) is 10.6 Å². The highest BCUT2D eigenvalue weighted by Gasteiger charge is 2.27. The number of fused-ring (bicyclic) bond motifs is 3. The summed E-state index contributed by atoms with van der Waals surface area (Å²) in [6, 6.07) is 25.2. The summed E-state index contributed by atoms with van der Waals surface area (Å²) in [5, 5.41) is 5.47. The highest BCUT2D eigenvalue weighted by Crippen LogP contribution is 2.31. The Morgan fingerprint density at radius 1 is 0.868 bits per heavy atom. The highest BCUT2D eigenvalue weighted by atomic mass is 35.5. The monoisotopic (exact) mass is 545 g/mol. The first-order chi connectivity index (χ1) is 18.2. The van der Waals surface area contributed by atoms with Gasteiger partial charge in [0.2, 0.25) is 5.91 Å². The van der Waals surface area contributed by atoms with Gasteiger partial charge in [0, 0.05) is 39.1 Å². The largest absolute Gasteiger partial charge is 0.341 e. The number of sulfonamides is 1. The van der Waals surface area contributed by atoms with E-state index in [4.69, 9.17) is 11.6 Å². The highest BCUT2D eigenvalue weighted by molar-refractivity contribution is 7.92. The molecule has 0 atom stereocenters. The molecule has 0 radical (unpaired) electrons. The smallest absolute Gasteiger partial charge is 0.264 e. The minimum atomic E-state index is -4.04. The van der Waals surface area contributed by atoms with Crippen molar-refractivity contribution in [3.05, 3.63) is 101 Å². The van der Waals surface area contributed by atoms with Crippen molar-refractivity contribution in [1.82, 2.24) is 4.57 Å². The lowest BCUT2D eigenvalue weighted by Gasteiger charge is -2.25. The first kappa shape index (κ1) is 25.8. The molecule has 0 aliphatic carbocycles. The summed E-state index contributed by atoms with van der Waals surface area (Å²) >= 11 is 5.99. The SMILES string of the molecule is CCn1c2ccccc2c2cc(NC(=O)CN(c3ccc(C)c(C)c3)S(=O)(=O)c3ccc(Cl)cc3)ccc21. The molecule has 194 valence electrons. The molecule has 6 nitrogen and oxygen atoms in total. The lowest BCUT2D eigenvalue weighted by Crippen LogP contribution is -2.38. The van der Waals surface area contributed by atoms with Crippen LogP contribution in [0.3, 0.4) is 0 Å². The number of nitrogens with zero attached hydrogens (tertiary/aromatic N) is 2. The van der Waals surface area contributed by atoms with E-state index in [0.717, 1.165) is 43.8 Å². The molecule has 0 fully saturated rings. The van der Waals surface area contributed by atoms with E-state index in [-0.39, 0.29) is 11.4 Å². The molecular weight excluding hydrogens is 518 g/mol. The van der Waals surface area contributed by atoms with E-state index in [1.165, 1.54) is 24.3 Å². The summed E-state index contributed by atoms with van der Waals surface area (Å²) in [4.78, 5) is 13.4. The van der Waals surface area contributed by atoms with Gasteiger partial charge >= 0.3 is 0 Å². The van der Waals surface area contributed by atoms with Gasteiger partial charge in [-0.15, -0.1) is 0 Å². The zero-order valence-electron chi connectivity index (χ0n) is 21.4. The number of carbonyl (C=O) groups excluding carboxylic acids is 1. The van der Waals surface area contributed by atoms with Gasteiger partial charge < -0.3 is 9.88 Å². The number of benzene rings is 4. The van der Waals surface area contributed by atoms with Crippen LogP contribution < -0.4 is 9.62 Å². The zero-order valence-corrected chi connectivity index (χ0v) is 23.0. The lowest BCUT2D eigenvalue weighted by atomic mass is 10.1. The summed E-state index contributed by atoms with van der Waals surface area (Å²) < 4.78 is 30.7. The van der Waals surface area contributed by atoms with Crippen LogP contribution in [0.5, 0.6) is 0 Å². The van der Waals surface area contributed by atoms with Crippen LogP contribution in [-0.2, 0) is 21.4 Å². The van der Waals surface area contributed by atoms with E-state index in [1.54, 1.807) is 12.1 Å². The maximum absolute atomic E-state index is 13.7. The van der Waals surface area contributed by atoms with E-state index in [9.17, 15) is 13.2 Å². The van der Waals surface area contributed by atoms with Gasteiger partial charge in [-0.1, -0.05) is 35.9 Å². The molecule has 1 heterocycles. The molecule has 0 saturated carbocycles. The molecule has 0 aliphatic rings. The third kappa shape index (κ3) is 4.75. The third-order valence-electron chi connectivity index (χ3n) is 6.84. The Balaban J connectivity index is 1.49. The van der Waals surface area contributed by atoms with Gasteiger partial charge in [-0.2, -0.15) is 0 Å². The quantitative estimate of drug-likeness (QED) is 0.241. The molecule has 1 N–H and O–H groups in total. The third-order valence-corrected chi connectivity index (χ3v) is 8.88. The minimum Gasteiger partial charge on any atom is -0.341 e. The molecule has 0 spiro atoms. The van der Waals surface area contributed by atoms with Gasteiger partial charge in [0.1, 0.15) is 6.54 Å². The standard InChI is InChI=1S/C30H28ClN3O3S/c1-4-33-28-8-6-5-7-26(28)27-18-23(12-16-29(27)33)32-30(35)19-34(24-13-9-20(2)21(3)17-24)38(36,37)25-14-10-22(31)11-15-25/h5-18H,4,19H2,1-3H3,(H,32,35). The molecule has 0 aliphatic heterocycles. The molecule has 1 aromatic heterocycles. The average Bonchev–Trinajstić information content (AvgIpc) is 3.22. The Bertz CT molecular complexity index is 1780. The molecule has 5 rings (SSSR count). The molecular formula is C30H28ClN3O3S. The van der Waals surface area contributed by atoms with E-state index in [0.29, 0.717) is 16.4 Å². The van der Waals surface area contributed by atoms with Crippen molar-refractivity contribution in [3.63, 3.8) is 0 Å². The second-order valence-corrected chi connectivity index (χ2v) is 11.6. The van der Waals surface area contributed by atoms with Crippen LogP contribution in [0.25, 0.3) is 21.8 Å². The van der Waals surface area contributed by atoms with Gasteiger partial charge in [0.15, 0.2) is 0 Å². The van der Waals surface area contributed by atoms with Crippen LogP contribution in [0, 0.1) is 13.8 Å². The number of hydrogen-bond acceptors (Lipinski definition) is 3. The molecule has 0 unspecified atom stereocenters. The molecule has 0 bridgehead atoms. The van der Waals surface area contributed by atoms with Crippen LogP contribution in [0.1, 0.15) is 18.1 Å². The zero-order chi connectivity index (χ0) is 27.0. The molecule has 5 aromatic rings. The van der Waals surface area contributed by atoms with Crippen molar-refractivity contribution in [3.8, 4) is 0 Å². The fourth-order valence-electron chi connectivity index (χ4n) is 4.73. The number of amides is 1. The summed E-state index contributed by atoms with van der Waals surface area (Å²) in [7, 11) is -4.04. The Hall–Kier alpha value is -3.81. The summed E-state index contributed by atoms with van der Waals surface area (Å²) in [5.74, 6) is -0.445. The van der Waals surface area contributed by atoms with Gasteiger partial charge in [-0.25, -0.2) is 8.42 Å². The van der Waals surface area contributed by atoms with E-state index >= 15 is 0 Å². The molecule has 1 amide bonds. The van der Waals surface area contributed by atoms with Crippen LogP contribution >= 0.6 is 11.6 Å². The lowest BCUT2D eigenvalue weighted by molar-refractivity contribution is -0.114. The number of halogens is 1. The van der Waals surface area contributed by atoms with Crippen LogP contribution in [0.2, 0.25) is 5.02 Å². The first-order valence-electron chi connectivity index (χ1n) is 12.4. The first-order valence-corrected chi connectivity index (χ1v) is 14.2. The molecule has 38 heavy (non-hydrogen) atoms. The van der Waals surface area contributed by atoms with Crippen molar-refractivity contribution in [2.24, 2.45) is 0 Å². The van der Waals surface area contributed by atoms with Crippen molar-refractivity contribution >= 4 is 60.7 Å². The molecule has 8 heteroatoms. The van der Waals surface area contributed by atoms with Crippen LogP contribution in [0.4, 0.5) is 11.4 Å². The second kappa shape index (κ2) is 10.2. The second-order valence-electron chi connectivity index (χ2n) is 9.28. The number of carbonyl (C=O) groups is 1. The minimum absolute atomic E-state index is 0.0572. The number of rotatable bonds is 7. The van der Waals surface area contributed by atoms with E-state index in [1.807, 2.05) is 50.2 Å². The van der Waals surface area contributed by atoms with Crippen LogP contribution in [0.15, 0.2) is 89.8 Å². The topological polar surface area (TPSA) is 71.4 Å². The predicted octanol–water partition coefficient (Wildman–Crippen LogP) is 6.92. The number of para-hydroxylation sites is 1. The van der Waals surface area contributed by atoms with Crippen molar-refractivity contribution in [1.29, 1.82) is 0 Å². The normalized spacial score (nSPS) is 11.7. The Morgan fingerprint density at radius 2 is 1.58 bits per heavy atom. The molecule has 0 saturated heterocycles. The van der Waals surface area contributed by atoms with E-state index in [2.05, 4.69) is 28.9 Å². The Morgan fingerprint density at radius 3 is 2.29 bits per heavy atom. The van der Waals surface area contributed by atoms with Gasteiger partial charge in [-0.3, -0.25) is 9.10 Å².